The molecule has 0 atom stereocenters. The molecular formula is C12H16N2OS. The second-order valence-corrected chi connectivity index (χ2v) is 4.86. The Morgan fingerprint density at radius 2 is 2.31 bits per heavy atom. The summed E-state index contributed by atoms with van der Waals surface area (Å²) < 4.78 is 5.45. The maximum Gasteiger partial charge on any atom is 0.165 e. The summed E-state index contributed by atoms with van der Waals surface area (Å²) in [6, 6.07) is 1.96. The molecule has 0 saturated carbocycles. The van der Waals surface area contributed by atoms with Gasteiger partial charge in [0.15, 0.2) is 10.8 Å². The van der Waals surface area contributed by atoms with Crippen LogP contribution in [-0.2, 0) is 13.0 Å². The number of aromatic nitrogens is 1. The van der Waals surface area contributed by atoms with Crippen molar-refractivity contribution < 1.29 is 4.42 Å². The second kappa shape index (κ2) is 4.80. The maximum atomic E-state index is 5.73. The van der Waals surface area contributed by atoms with Crippen molar-refractivity contribution in [2.45, 2.75) is 33.2 Å². The Morgan fingerprint density at radius 1 is 1.50 bits per heavy atom. The molecule has 86 valence electrons. The number of aryl methyl sites for hydroxylation is 2. The molecule has 0 aliphatic carbocycles. The molecule has 4 heteroatoms. The minimum Gasteiger partial charge on any atom is -0.462 e. The molecule has 0 aliphatic rings. The van der Waals surface area contributed by atoms with Crippen LogP contribution >= 0.6 is 11.3 Å². The van der Waals surface area contributed by atoms with E-state index in [0.29, 0.717) is 6.54 Å². The first kappa shape index (κ1) is 11.4. The third kappa shape index (κ3) is 2.03. The van der Waals surface area contributed by atoms with Crippen LogP contribution in [0, 0.1) is 6.92 Å². The largest absolute Gasteiger partial charge is 0.462 e. The first-order chi connectivity index (χ1) is 7.76. The van der Waals surface area contributed by atoms with Crippen LogP contribution in [0.5, 0.6) is 0 Å². The molecule has 3 nitrogen and oxygen atoms in total. The van der Waals surface area contributed by atoms with Crippen LogP contribution in [0.3, 0.4) is 0 Å². The Kier molecular flexibility index (Phi) is 3.41. The Hall–Kier alpha value is -1.13. The van der Waals surface area contributed by atoms with E-state index in [9.17, 15) is 0 Å². The average Bonchev–Trinajstić information content (AvgIpc) is 2.85. The molecule has 0 saturated heterocycles. The van der Waals surface area contributed by atoms with Gasteiger partial charge in [-0.15, -0.1) is 11.3 Å². The highest BCUT2D eigenvalue weighted by molar-refractivity contribution is 7.15. The van der Waals surface area contributed by atoms with E-state index in [1.165, 1.54) is 4.88 Å². The lowest BCUT2D eigenvalue weighted by molar-refractivity contribution is 0.580. The zero-order valence-electron chi connectivity index (χ0n) is 9.62. The number of thiazole rings is 1. The summed E-state index contributed by atoms with van der Waals surface area (Å²) in [4.78, 5) is 5.79. The third-order valence-electron chi connectivity index (χ3n) is 2.51. The maximum absolute atomic E-state index is 5.73. The summed E-state index contributed by atoms with van der Waals surface area (Å²) in [5.74, 6) is 0.877. The molecule has 2 aromatic heterocycles. The molecule has 0 fully saturated rings. The molecule has 0 radical (unpaired) electrons. The van der Waals surface area contributed by atoms with Crippen molar-refractivity contribution in [1.82, 2.24) is 4.98 Å². The van der Waals surface area contributed by atoms with Crippen molar-refractivity contribution in [2.24, 2.45) is 5.73 Å². The Morgan fingerprint density at radius 3 is 2.88 bits per heavy atom. The van der Waals surface area contributed by atoms with E-state index in [2.05, 4.69) is 11.9 Å². The molecular weight excluding hydrogens is 220 g/mol. The van der Waals surface area contributed by atoms with Crippen LogP contribution in [0.15, 0.2) is 16.7 Å². The van der Waals surface area contributed by atoms with Crippen LogP contribution in [0.1, 0.15) is 29.5 Å². The monoisotopic (exact) mass is 236 g/mol. The quantitative estimate of drug-likeness (QED) is 0.887. The van der Waals surface area contributed by atoms with Gasteiger partial charge in [-0.1, -0.05) is 13.3 Å². The fourth-order valence-corrected chi connectivity index (χ4v) is 2.70. The number of rotatable bonds is 4. The van der Waals surface area contributed by atoms with Crippen LogP contribution in [0.25, 0.3) is 10.8 Å². The predicted molar refractivity (Wildman–Crippen MR) is 66.4 cm³/mol. The van der Waals surface area contributed by atoms with Crippen LogP contribution in [-0.4, -0.2) is 4.98 Å². The van der Waals surface area contributed by atoms with Crippen LogP contribution in [0.2, 0.25) is 0 Å². The van der Waals surface area contributed by atoms with Gasteiger partial charge in [0, 0.05) is 11.4 Å². The standard InChI is InChI=1S/C12H16N2OS/c1-3-4-9-10(7-13)16-12(14-9)11-8(2)5-6-15-11/h5-6H,3-4,7,13H2,1-2H3. The van der Waals surface area contributed by atoms with E-state index in [-0.39, 0.29) is 0 Å². The molecule has 0 aromatic carbocycles. The van der Waals surface area contributed by atoms with Gasteiger partial charge < -0.3 is 10.2 Å². The van der Waals surface area contributed by atoms with Crippen LogP contribution in [0.4, 0.5) is 0 Å². The van der Waals surface area contributed by atoms with Crippen LogP contribution < -0.4 is 5.73 Å². The molecule has 2 aromatic rings. The van der Waals surface area contributed by atoms with Gasteiger partial charge >= 0.3 is 0 Å². The summed E-state index contributed by atoms with van der Waals surface area (Å²) in [6.45, 7) is 4.74. The summed E-state index contributed by atoms with van der Waals surface area (Å²) in [6.07, 6.45) is 3.78. The fraction of sp³-hybridized carbons (Fsp3) is 0.417. The molecule has 0 unspecified atom stereocenters. The Labute approximate surface area is 99.3 Å². The lowest BCUT2D eigenvalue weighted by atomic mass is 10.2. The minimum atomic E-state index is 0.562. The first-order valence-corrected chi connectivity index (χ1v) is 6.31. The van der Waals surface area contributed by atoms with Gasteiger partial charge in [0.25, 0.3) is 0 Å². The molecule has 0 amide bonds. The van der Waals surface area contributed by atoms with E-state index in [1.807, 2.05) is 13.0 Å². The SMILES string of the molecule is CCCc1nc(-c2occc2C)sc1CN. The number of hydrogen-bond donors (Lipinski definition) is 1. The van der Waals surface area contributed by atoms with Crippen molar-refractivity contribution in [3.05, 3.63) is 28.5 Å². The molecule has 16 heavy (non-hydrogen) atoms. The third-order valence-corrected chi connectivity index (χ3v) is 3.63. The topological polar surface area (TPSA) is 52.0 Å². The predicted octanol–water partition coefficient (Wildman–Crippen LogP) is 3.12. The number of nitrogens with zero attached hydrogens (tertiary/aromatic N) is 1. The Balaban J connectivity index is 2.39. The van der Waals surface area contributed by atoms with Crippen molar-refractivity contribution in [2.75, 3.05) is 0 Å². The second-order valence-electron chi connectivity index (χ2n) is 3.78. The zero-order chi connectivity index (χ0) is 11.5. The summed E-state index contributed by atoms with van der Waals surface area (Å²) in [7, 11) is 0. The first-order valence-electron chi connectivity index (χ1n) is 5.49. The van der Waals surface area contributed by atoms with E-state index in [4.69, 9.17) is 10.2 Å². The van der Waals surface area contributed by atoms with E-state index in [1.54, 1.807) is 17.6 Å². The van der Waals surface area contributed by atoms with Crippen molar-refractivity contribution in [1.29, 1.82) is 0 Å². The fourth-order valence-electron chi connectivity index (χ4n) is 1.66. The average molecular weight is 236 g/mol. The molecule has 2 rings (SSSR count). The summed E-state index contributed by atoms with van der Waals surface area (Å²) in [5.41, 5.74) is 7.98. The van der Waals surface area contributed by atoms with E-state index >= 15 is 0 Å². The van der Waals surface area contributed by atoms with Crippen molar-refractivity contribution in [3.63, 3.8) is 0 Å². The Bertz CT molecular complexity index is 473. The molecule has 0 spiro atoms. The minimum absolute atomic E-state index is 0.562. The number of hydrogen-bond acceptors (Lipinski definition) is 4. The molecule has 0 bridgehead atoms. The summed E-state index contributed by atoms with van der Waals surface area (Å²) in [5, 5.41) is 0.950. The molecule has 2 N–H and O–H groups in total. The van der Waals surface area contributed by atoms with Crippen molar-refractivity contribution >= 4 is 11.3 Å². The van der Waals surface area contributed by atoms with Crippen molar-refractivity contribution in [3.8, 4) is 10.8 Å². The highest BCUT2D eigenvalue weighted by Gasteiger charge is 2.14. The lowest BCUT2D eigenvalue weighted by Gasteiger charge is -1.94. The van der Waals surface area contributed by atoms with Gasteiger partial charge in [-0.25, -0.2) is 4.98 Å². The lowest BCUT2D eigenvalue weighted by Crippen LogP contribution is -1.97. The van der Waals surface area contributed by atoms with Gasteiger partial charge in [0.05, 0.1) is 12.0 Å². The van der Waals surface area contributed by atoms with Gasteiger partial charge in [0.1, 0.15) is 0 Å². The van der Waals surface area contributed by atoms with E-state index in [0.717, 1.165) is 34.9 Å². The number of furan rings is 1. The van der Waals surface area contributed by atoms with Gasteiger partial charge in [-0.05, 0) is 25.0 Å². The molecule has 2 heterocycles. The molecule has 0 aliphatic heterocycles. The van der Waals surface area contributed by atoms with Gasteiger partial charge in [-0.2, -0.15) is 0 Å². The zero-order valence-corrected chi connectivity index (χ0v) is 10.4. The highest BCUT2D eigenvalue weighted by Crippen LogP contribution is 2.31. The van der Waals surface area contributed by atoms with E-state index < -0.39 is 0 Å². The smallest absolute Gasteiger partial charge is 0.165 e. The summed E-state index contributed by atoms with van der Waals surface area (Å²) >= 11 is 1.64. The normalized spacial score (nSPS) is 10.9. The highest BCUT2D eigenvalue weighted by atomic mass is 32.1. The van der Waals surface area contributed by atoms with Gasteiger partial charge in [0.2, 0.25) is 0 Å². The van der Waals surface area contributed by atoms with Gasteiger partial charge in [-0.3, -0.25) is 0 Å². The number of nitrogens with two attached hydrogens (primary N) is 1.